The van der Waals surface area contributed by atoms with Gasteiger partial charge in [-0.2, -0.15) is 0 Å². The Kier molecular flexibility index (Phi) is 4.05. The van der Waals surface area contributed by atoms with Crippen molar-refractivity contribution in [2.75, 3.05) is 0 Å². The van der Waals surface area contributed by atoms with Crippen LogP contribution >= 0.6 is 11.3 Å². The molecule has 1 aromatic heterocycles. The molecule has 23 heavy (non-hydrogen) atoms. The zero-order valence-corrected chi connectivity index (χ0v) is 14.1. The molecular weight excluding hydrogens is 308 g/mol. The van der Waals surface area contributed by atoms with Crippen molar-refractivity contribution in [3.8, 4) is 16.9 Å². The molecule has 0 bridgehead atoms. The van der Waals surface area contributed by atoms with E-state index in [0.717, 1.165) is 32.7 Å². The molecule has 2 N–H and O–H groups in total. The molecule has 0 radical (unpaired) electrons. The molecule has 118 valence electrons. The van der Waals surface area contributed by atoms with E-state index in [1.54, 1.807) is 17.4 Å². The van der Waals surface area contributed by atoms with E-state index in [-0.39, 0.29) is 6.10 Å². The lowest BCUT2D eigenvalue weighted by Gasteiger charge is -2.18. The molecule has 1 amide bonds. The number of thiazole rings is 1. The number of nitrogens with two attached hydrogens (primary N) is 1. The van der Waals surface area contributed by atoms with Crippen molar-refractivity contribution < 1.29 is 9.53 Å². The van der Waals surface area contributed by atoms with Gasteiger partial charge in [-0.05, 0) is 56.2 Å². The third kappa shape index (κ3) is 2.92. The minimum atomic E-state index is -0.436. The second kappa shape index (κ2) is 6.01. The van der Waals surface area contributed by atoms with Crippen LogP contribution in [-0.4, -0.2) is 17.0 Å². The molecule has 3 rings (SSSR count). The summed E-state index contributed by atoms with van der Waals surface area (Å²) in [5, 5.41) is 0. The number of benzene rings is 2. The Hall–Kier alpha value is -2.40. The van der Waals surface area contributed by atoms with Crippen LogP contribution in [0.4, 0.5) is 0 Å². The Morgan fingerprint density at radius 3 is 2.74 bits per heavy atom. The van der Waals surface area contributed by atoms with Gasteiger partial charge in [0.05, 0.1) is 21.8 Å². The lowest BCUT2D eigenvalue weighted by Crippen LogP contribution is -2.14. The highest BCUT2D eigenvalue weighted by Crippen LogP contribution is 2.37. The third-order valence-electron chi connectivity index (χ3n) is 3.67. The molecule has 0 fully saturated rings. The molecule has 2 aromatic carbocycles. The Balaban J connectivity index is 2.24. The molecule has 0 saturated carbocycles. The number of nitrogens with zero attached hydrogens (tertiary/aromatic N) is 1. The van der Waals surface area contributed by atoms with E-state index in [9.17, 15) is 4.79 Å². The van der Waals surface area contributed by atoms with Crippen molar-refractivity contribution in [1.82, 2.24) is 4.98 Å². The number of fused-ring (bicyclic) bond motifs is 1. The summed E-state index contributed by atoms with van der Waals surface area (Å²) in [4.78, 5) is 16.0. The van der Waals surface area contributed by atoms with Gasteiger partial charge in [-0.15, -0.1) is 11.3 Å². The van der Waals surface area contributed by atoms with Crippen molar-refractivity contribution in [3.05, 3.63) is 47.0 Å². The van der Waals surface area contributed by atoms with Crippen LogP contribution < -0.4 is 10.5 Å². The Bertz CT molecular complexity index is 884. The van der Waals surface area contributed by atoms with Crippen molar-refractivity contribution >= 4 is 27.5 Å². The van der Waals surface area contributed by atoms with E-state index in [1.807, 2.05) is 50.5 Å². The van der Waals surface area contributed by atoms with Gasteiger partial charge in [-0.1, -0.05) is 6.07 Å². The number of carbonyl (C=O) groups excluding carboxylic acids is 1. The summed E-state index contributed by atoms with van der Waals surface area (Å²) >= 11 is 1.60. The summed E-state index contributed by atoms with van der Waals surface area (Å²) < 4.78 is 7.07. The van der Waals surface area contributed by atoms with Gasteiger partial charge in [-0.25, -0.2) is 4.98 Å². The number of hydrogen-bond donors (Lipinski definition) is 1. The highest BCUT2D eigenvalue weighted by molar-refractivity contribution is 7.16. The van der Waals surface area contributed by atoms with Crippen LogP contribution in [0, 0.1) is 6.92 Å². The molecule has 3 aromatic rings. The average Bonchev–Trinajstić information content (AvgIpc) is 2.93. The van der Waals surface area contributed by atoms with Crippen molar-refractivity contribution in [1.29, 1.82) is 0 Å². The largest absolute Gasteiger partial charge is 0.490 e. The van der Waals surface area contributed by atoms with Crippen LogP contribution in [0.1, 0.15) is 29.8 Å². The molecule has 0 unspecified atom stereocenters. The number of rotatable bonds is 4. The number of aromatic nitrogens is 1. The molecule has 0 spiro atoms. The van der Waals surface area contributed by atoms with Crippen molar-refractivity contribution in [3.63, 3.8) is 0 Å². The van der Waals surface area contributed by atoms with Gasteiger partial charge in [0.15, 0.2) is 0 Å². The van der Waals surface area contributed by atoms with E-state index < -0.39 is 5.91 Å². The maximum absolute atomic E-state index is 11.7. The first kappa shape index (κ1) is 15.5. The zero-order chi connectivity index (χ0) is 16.6. The second-order valence-electron chi connectivity index (χ2n) is 5.68. The summed E-state index contributed by atoms with van der Waals surface area (Å²) in [6.07, 6.45) is 0.0376. The predicted molar refractivity (Wildman–Crippen MR) is 94.1 cm³/mol. The van der Waals surface area contributed by atoms with Crippen LogP contribution in [0.2, 0.25) is 0 Å². The summed E-state index contributed by atoms with van der Waals surface area (Å²) in [6.45, 7) is 5.85. The van der Waals surface area contributed by atoms with Crippen LogP contribution in [0.25, 0.3) is 21.3 Å². The molecule has 5 heteroatoms. The maximum Gasteiger partial charge on any atom is 0.248 e. The Labute approximate surface area is 138 Å². The van der Waals surface area contributed by atoms with Gasteiger partial charge in [0.25, 0.3) is 0 Å². The highest BCUT2D eigenvalue weighted by Gasteiger charge is 2.17. The van der Waals surface area contributed by atoms with E-state index in [4.69, 9.17) is 10.5 Å². The fourth-order valence-corrected chi connectivity index (χ4v) is 3.34. The molecule has 0 aliphatic carbocycles. The van der Waals surface area contributed by atoms with E-state index in [0.29, 0.717) is 5.56 Å². The van der Waals surface area contributed by atoms with Gasteiger partial charge in [0.1, 0.15) is 5.75 Å². The third-order valence-corrected chi connectivity index (χ3v) is 4.48. The fraction of sp³-hybridized carbons (Fsp3) is 0.222. The lowest BCUT2D eigenvalue weighted by molar-refractivity contribution is 0.0999. The first-order chi connectivity index (χ1) is 11.0. The number of carbonyl (C=O) groups is 1. The molecule has 4 nitrogen and oxygen atoms in total. The van der Waals surface area contributed by atoms with E-state index in [1.165, 1.54) is 0 Å². The summed E-state index contributed by atoms with van der Waals surface area (Å²) in [6, 6.07) is 9.62. The van der Waals surface area contributed by atoms with Crippen LogP contribution in [0.3, 0.4) is 0 Å². The predicted octanol–water partition coefficient (Wildman–Crippen LogP) is 4.16. The maximum atomic E-state index is 11.7. The smallest absolute Gasteiger partial charge is 0.248 e. The SMILES string of the molecule is Cc1c(C(N)=O)ccc(OC(C)C)c1-c1ccc2scnc2c1. The van der Waals surface area contributed by atoms with Crippen LogP contribution in [0.15, 0.2) is 35.8 Å². The van der Waals surface area contributed by atoms with E-state index in [2.05, 4.69) is 4.98 Å². The number of amides is 1. The van der Waals surface area contributed by atoms with Crippen molar-refractivity contribution in [2.45, 2.75) is 26.9 Å². The molecule has 0 atom stereocenters. The summed E-state index contributed by atoms with van der Waals surface area (Å²) in [7, 11) is 0. The van der Waals surface area contributed by atoms with Crippen molar-refractivity contribution in [2.24, 2.45) is 5.73 Å². The quantitative estimate of drug-likeness (QED) is 0.783. The van der Waals surface area contributed by atoms with Gasteiger partial charge in [0.2, 0.25) is 5.91 Å². The standard InChI is InChI=1S/C18H18N2O2S/c1-10(2)22-15-6-5-13(18(19)21)11(3)17(15)12-4-7-16-14(8-12)20-9-23-16/h4-10H,1-3H3,(H2,19,21). The van der Waals surface area contributed by atoms with Gasteiger partial charge >= 0.3 is 0 Å². The molecule has 1 heterocycles. The lowest BCUT2D eigenvalue weighted by atomic mass is 9.94. The Morgan fingerprint density at radius 2 is 2.04 bits per heavy atom. The highest BCUT2D eigenvalue weighted by atomic mass is 32.1. The normalized spacial score (nSPS) is 11.1. The topological polar surface area (TPSA) is 65.2 Å². The Morgan fingerprint density at radius 1 is 1.26 bits per heavy atom. The minimum absolute atomic E-state index is 0.0376. The van der Waals surface area contributed by atoms with Gasteiger partial charge in [-0.3, -0.25) is 4.79 Å². The summed E-state index contributed by atoms with van der Waals surface area (Å²) in [5.74, 6) is 0.312. The number of ether oxygens (including phenoxy) is 1. The first-order valence-electron chi connectivity index (χ1n) is 7.41. The average molecular weight is 326 g/mol. The monoisotopic (exact) mass is 326 g/mol. The molecular formula is C18H18N2O2S. The van der Waals surface area contributed by atoms with Crippen LogP contribution in [0.5, 0.6) is 5.75 Å². The first-order valence-corrected chi connectivity index (χ1v) is 8.29. The van der Waals surface area contributed by atoms with Crippen LogP contribution in [-0.2, 0) is 0 Å². The molecule has 0 saturated heterocycles. The summed E-state index contributed by atoms with van der Waals surface area (Å²) in [5.41, 5.74) is 11.5. The molecule has 0 aliphatic rings. The van der Waals surface area contributed by atoms with E-state index >= 15 is 0 Å². The molecule has 0 aliphatic heterocycles. The number of hydrogen-bond acceptors (Lipinski definition) is 4. The number of primary amides is 1. The zero-order valence-electron chi connectivity index (χ0n) is 13.3. The minimum Gasteiger partial charge on any atom is -0.490 e. The fourth-order valence-electron chi connectivity index (χ4n) is 2.68. The van der Waals surface area contributed by atoms with Gasteiger partial charge in [0, 0.05) is 11.1 Å². The van der Waals surface area contributed by atoms with Gasteiger partial charge < -0.3 is 10.5 Å². The second-order valence-corrected chi connectivity index (χ2v) is 6.56.